The van der Waals surface area contributed by atoms with Gasteiger partial charge in [-0.15, -0.1) is 0 Å². The first-order chi connectivity index (χ1) is 16.2. The smallest absolute Gasteiger partial charge is 0.340 e. The summed E-state index contributed by atoms with van der Waals surface area (Å²) in [5, 5.41) is 0. The van der Waals surface area contributed by atoms with Crippen LogP contribution in [0.15, 0.2) is 24.3 Å². The Kier molecular flexibility index (Phi) is 11.8. The van der Waals surface area contributed by atoms with Gasteiger partial charge in [0.25, 0.3) is 0 Å². The molecule has 0 bridgehead atoms. The van der Waals surface area contributed by atoms with E-state index in [0.717, 1.165) is 50.9 Å². The predicted octanol–water partition coefficient (Wildman–Crippen LogP) is 8.86. The highest BCUT2D eigenvalue weighted by Crippen LogP contribution is 2.35. The van der Waals surface area contributed by atoms with E-state index in [2.05, 4.69) is 31.2 Å². The van der Waals surface area contributed by atoms with Gasteiger partial charge in [0.2, 0.25) is 0 Å². The van der Waals surface area contributed by atoms with Crippen LogP contribution >= 0.6 is 0 Å². The van der Waals surface area contributed by atoms with Gasteiger partial charge >= 0.3 is 5.97 Å². The zero-order valence-electron chi connectivity index (χ0n) is 21.0. The molecule has 186 valence electrons. The quantitative estimate of drug-likeness (QED) is 0.218. The fourth-order valence-electron chi connectivity index (χ4n) is 5.78. The summed E-state index contributed by atoms with van der Waals surface area (Å²) in [5.41, 5.74) is 2.87. The number of unbranched alkanes of at least 4 members (excludes halogenated alkanes) is 5. The molecular weight excluding hydrogens is 411 g/mol. The molecule has 3 rings (SSSR count). The van der Waals surface area contributed by atoms with Crippen molar-refractivity contribution in [1.82, 2.24) is 0 Å². The molecule has 33 heavy (non-hydrogen) atoms. The van der Waals surface area contributed by atoms with Crippen LogP contribution in [0.1, 0.15) is 133 Å². The molecule has 2 saturated carbocycles. The standard InChI is InChI=1S/C30H47FO2/c1-2-3-4-5-6-10-13-29(31)30(32)33-28-22-20-27(21-23-28)26-18-16-25(17-19-26)15-14-24-11-8-7-9-12-24/h16-19,24,27-29H,2-15,20-23H2,1H3/t27?,28?,29-/m0/s1. The highest BCUT2D eigenvalue weighted by atomic mass is 19.1. The van der Waals surface area contributed by atoms with Crippen LogP contribution in [-0.2, 0) is 16.0 Å². The first kappa shape index (κ1) is 26.2. The Morgan fingerprint density at radius 1 is 0.909 bits per heavy atom. The van der Waals surface area contributed by atoms with E-state index in [1.165, 1.54) is 75.3 Å². The van der Waals surface area contributed by atoms with E-state index in [-0.39, 0.29) is 6.10 Å². The Bertz CT molecular complexity index is 656. The number of carbonyl (C=O) groups excluding carboxylic acids is 1. The van der Waals surface area contributed by atoms with E-state index >= 15 is 0 Å². The molecule has 2 aliphatic carbocycles. The maximum Gasteiger partial charge on any atom is 0.340 e. The van der Waals surface area contributed by atoms with Gasteiger partial charge in [-0.25, -0.2) is 9.18 Å². The maximum atomic E-state index is 14.2. The molecule has 1 aromatic carbocycles. The molecule has 3 heteroatoms. The number of carbonyl (C=O) groups is 1. The first-order valence-corrected chi connectivity index (χ1v) is 14.1. The normalized spacial score (nSPS) is 22.7. The van der Waals surface area contributed by atoms with Gasteiger partial charge in [-0.05, 0) is 74.3 Å². The second-order valence-corrected chi connectivity index (χ2v) is 10.7. The van der Waals surface area contributed by atoms with Gasteiger partial charge < -0.3 is 4.74 Å². The number of hydrogen-bond acceptors (Lipinski definition) is 2. The molecule has 0 saturated heterocycles. The lowest BCUT2D eigenvalue weighted by Crippen LogP contribution is -2.28. The average molecular weight is 459 g/mol. The van der Waals surface area contributed by atoms with E-state index in [9.17, 15) is 9.18 Å². The van der Waals surface area contributed by atoms with Gasteiger partial charge in [-0.2, -0.15) is 0 Å². The highest BCUT2D eigenvalue weighted by Gasteiger charge is 2.27. The predicted molar refractivity (Wildman–Crippen MR) is 135 cm³/mol. The minimum atomic E-state index is -1.45. The van der Waals surface area contributed by atoms with Gasteiger partial charge in [0.1, 0.15) is 6.10 Å². The third-order valence-corrected chi connectivity index (χ3v) is 8.04. The van der Waals surface area contributed by atoms with E-state index in [1.807, 2.05) is 0 Å². The second kappa shape index (κ2) is 14.8. The van der Waals surface area contributed by atoms with Crippen LogP contribution in [0.2, 0.25) is 0 Å². The first-order valence-electron chi connectivity index (χ1n) is 14.1. The number of halogens is 1. The Morgan fingerprint density at radius 2 is 1.58 bits per heavy atom. The lowest BCUT2D eigenvalue weighted by Gasteiger charge is -2.29. The molecule has 1 aromatic rings. The van der Waals surface area contributed by atoms with Crippen molar-refractivity contribution in [3.63, 3.8) is 0 Å². The minimum Gasteiger partial charge on any atom is -0.460 e. The molecule has 1 atom stereocenters. The highest BCUT2D eigenvalue weighted by molar-refractivity contribution is 5.74. The third-order valence-electron chi connectivity index (χ3n) is 8.04. The molecule has 0 unspecified atom stereocenters. The van der Waals surface area contributed by atoms with Gasteiger partial charge in [0.05, 0.1) is 0 Å². The summed E-state index contributed by atoms with van der Waals surface area (Å²) in [5.74, 6) is 0.845. The molecule has 0 heterocycles. The summed E-state index contributed by atoms with van der Waals surface area (Å²) in [7, 11) is 0. The number of ether oxygens (including phenoxy) is 1. The Balaban J connectivity index is 1.31. The summed E-state index contributed by atoms with van der Waals surface area (Å²) in [6.07, 6.45) is 18.8. The molecule has 0 N–H and O–H groups in total. The fourth-order valence-corrected chi connectivity index (χ4v) is 5.78. The number of esters is 1. The monoisotopic (exact) mass is 458 g/mol. The lowest BCUT2D eigenvalue weighted by molar-refractivity contribution is -0.157. The van der Waals surface area contributed by atoms with E-state index in [4.69, 9.17) is 4.74 Å². The van der Waals surface area contributed by atoms with Gasteiger partial charge in [-0.1, -0.05) is 95.4 Å². The largest absolute Gasteiger partial charge is 0.460 e. The van der Waals surface area contributed by atoms with E-state index in [0.29, 0.717) is 12.3 Å². The molecule has 0 spiro atoms. The van der Waals surface area contributed by atoms with Crippen LogP contribution < -0.4 is 0 Å². The fraction of sp³-hybridized carbons (Fsp3) is 0.767. The lowest BCUT2D eigenvalue weighted by atomic mass is 9.82. The summed E-state index contributed by atoms with van der Waals surface area (Å²) in [6.45, 7) is 2.19. The molecule has 2 aliphatic rings. The third kappa shape index (κ3) is 9.41. The van der Waals surface area contributed by atoms with Crippen molar-refractivity contribution in [2.75, 3.05) is 0 Å². The summed E-state index contributed by atoms with van der Waals surface area (Å²) < 4.78 is 19.7. The summed E-state index contributed by atoms with van der Waals surface area (Å²) in [6, 6.07) is 9.26. The van der Waals surface area contributed by atoms with E-state index < -0.39 is 12.1 Å². The van der Waals surface area contributed by atoms with E-state index in [1.54, 1.807) is 0 Å². The van der Waals surface area contributed by atoms with Crippen LogP contribution in [0.25, 0.3) is 0 Å². The Labute approximate surface area is 202 Å². The SMILES string of the molecule is CCCCCCCC[C@H](F)C(=O)OC1CCC(c2ccc(CCC3CCCCC3)cc2)CC1. The zero-order chi connectivity index (χ0) is 23.3. The van der Waals surface area contributed by atoms with Crippen molar-refractivity contribution in [2.45, 2.75) is 141 Å². The van der Waals surface area contributed by atoms with Gasteiger partial charge in [-0.3, -0.25) is 0 Å². The van der Waals surface area contributed by atoms with Crippen LogP contribution in [0, 0.1) is 5.92 Å². The Morgan fingerprint density at radius 3 is 2.27 bits per heavy atom. The van der Waals surface area contributed by atoms with Gasteiger partial charge in [0, 0.05) is 0 Å². The van der Waals surface area contributed by atoms with Crippen molar-refractivity contribution in [2.24, 2.45) is 5.92 Å². The molecule has 0 radical (unpaired) electrons. The number of rotatable bonds is 13. The second-order valence-electron chi connectivity index (χ2n) is 10.7. The Hall–Kier alpha value is -1.38. The number of hydrogen-bond donors (Lipinski definition) is 0. The molecule has 2 nitrogen and oxygen atoms in total. The summed E-state index contributed by atoms with van der Waals surface area (Å²) >= 11 is 0. The van der Waals surface area contributed by atoms with Crippen LogP contribution in [0.4, 0.5) is 4.39 Å². The number of alkyl halides is 1. The number of aryl methyl sites for hydroxylation is 1. The van der Waals surface area contributed by atoms with Gasteiger partial charge in [0.15, 0.2) is 6.17 Å². The zero-order valence-corrected chi connectivity index (χ0v) is 21.0. The molecule has 0 amide bonds. The molecule has 0 aromatic heterocycles. The van der Waals surface area contributed by atoms with Crippen molar-refractivity contribution in [1.29, 1.82) is 0 Å². The van der Waals surface area contributed by atoms with Crippen LogP contribution in [0.5, 0.6) is 0 Å². The van der Waals surface area contributed by atoms with Crippen LogP contribution in [-0.4, -0.2) is 18.2 Å². The van der Waals surface area contributed by atoms with Crippen molar-refractivity contribution in [3.05, 3.63) is 35.4 Å². The molecule has 0 aliphatic heterocycles. The summed E-state index contributed by atoms with van der Waals surface area (Å²) in [4.78, 5) is 12.1. The van der Waals surface area contributed by atoms with Crippen LogP contribution in [0.3, 0.4) is 0 Å². The number of benzene rings is 1. The van der Waals surface area contributed by atoms with Crippen molar-refractivity contribution < 1.29 is 13.9 Å². The molecule has 2 fully saturated rings. The molecular formula is C30H47FO2. The minimum absolute atomic E-state index is 0.105. The average Bonchev–Trinajstić information content (AvgIpc) is 2.86. The van der Waals surface area contributed by atoms with Crippen molar-refractivity contribution >= 4 is 5.97 Å². The topological polar surface area (TPSA) is 26.3 Å². The van der Waals surface area contributed by atoms with Crippen molar-refractivity contribution in [3.8, 4) is 0 Å². The maximum absolute atomic E-state index is 14.2.